The Balaban J connectivity index is 1.85. The molecule has 0 radical (unpaired) electrons. The first-order valence-corrected chi connectivity index (χ1v) is 10.6. The highest BCUT2D eigenvalue weighted by molar-refractivity contribution is 5.45. The van der Waals surface area contributed by atoms with E-state index in [9.17, 15) is 0 Å². The van der Waals surface area contributed by atoms with Crippen LogP contribution in [0.1, 0.15) is 43.4 Å². The zero-order valence-electron chi connectivity index (χ0n) is 18.1. The third kappa shape index (κ3) is 5.19. The maximum Gasteiger partial charge on any atom is 0.257 e. The van der Waals surface area contributed by atoms with E-state index in [1.807, 2.05) is 42.5 Å². The number of benzene rings is 2. The minimum absolute atomic E-state index is 0.478. The molecule has 0 unspecified atom stereocenters. The number of hydrogen-bond donors (Lipinski definition) is 0. The Morgan fingerprint density at radius 3 is 2.07 bits per heavy atom. The second kappa shape index (κ2) is 10.8. The average Bonchev–Trinajstić information content (AvgIpc) is 2.82. The van der Waals surface area contributed by atoms with Crippen molar-refractivity contribution in [3.8, 4) is 11.6 Å². The number of ether oxygens (including phenoxy) is 3. The molecule has 0 N–H and O–H groups in total. The lowest BCUT2D eigenvalue weighted by Crippen LogP contribution is -2.29. The Bertz CT molecular complexity index is 893. The van der Waals surface area contributed by atoms with Crippen LogP contribution in [0.5, 0.6) is 11.6 Å². The Labute approximate surface area is 179 Å². The summed E-state index contributed by atoms with van der Waals surface area (Å²) < 4.78 is 18.3. The molecule has 0 saturated heterocycles. The normalized spacial score (nSPS) is 11.3. The summed E-state index contributed by atoms with van der Waals surface area (Å²) in [5.74, 6) is 1.17. The highest BCUT2D eigenvalue weighted by Gasteiger charge is 2.34. The molecule has 0 atom stereocenters. The van der Waals surface area contributed by atoms with E-state index in [4.69, 9.17) is 14.2 Å². The van der Waals surface area contributed by atoms with Gasteiger partial charge in [-0.3, -0.25) is 0 Å². The van der Waals surface area contributed by atoms with Crippen LogP contribution in [0.3, 0.4) is 0 Å². The number of nitrogens with zero attached hydrogens (tertiary/aromatic N) is 1. The lowest BCUT2D eigenvalue weighted by Gasteiger charge is -2.34. The monoisotopic (exact) mass is 405 g/mol. The smallest absolute Gasteiger partial charge is 0.257 e. The van der Waals surface area contributed by atoms with E-state index < -0.39 is 5.60 Å². The summed E-state index contributed by atoms with van der Waals surface area (Å²) in [6.45, 7) is 5.38. The summed E-state index contributed by atoms with van der Waals surface area (Å²) in [4.78, 5) is 4.38. The van der Waals surface area contributed by atoms with Crippen LogP contribution in [-0.2, 0) is 23.4 Å². The largest absolute Gasteiger partial charge is 0.487 e. The summed E-state index contributed by atoms with van der Waals surface area (Å²) in [7, 11) is 1.63. The molecule has 30 heavy (non-hydrogen) atoms. The molecule has 3 aromatic rings. The minimum Gasteiger partial charge on any atom is -0.487 e. The van der Waals surface area contributed by atoms with Crippen molar-refractivity contribution < 1.29 is 14.2 Å². The van der Waals surface area contributed by atoms with Gasteiger partial charge in [-0.2, -0.15) is 0 Å². The quantitative estimate of drug-likeness (QED) is 0.396. The summed E-state index contributed by atoms with van der Waals surface area (Å²) in [5.41, 5.74) is 2.90. The molecule has 0 amide bonds. The molecule has 0 saturated carbocycles. The topological polar surface area (TPSA) is 40.6 Å². The fraction of sp³-hybridized carbons (Fsp3) is 0.346. The number of rotatable bonds is 11. The second-order valence-corrected chi connectivity index (χ2v) is 7.26. The number of methoxy groups -OCH3 is 1. The molecule has 0 aliphatic heterocycles. The highest BCUT2D eigenvalue weighted by Crippen LogP contribution is 2.42. The molecule has 158 valence electrons. The van der Waals surface area contributed by atoms with Gasteiger partial charge in [0, 0.05) is 18.2 Å². The van der Waals surface area contributed by atoms with Crippen LogP contribution in [0, 0.1) is 0 Å². The van der Waals surface area contributed by atoms with Crippen molar-refractivity contribution in [2.45, 2.75) is 45.3 Å². The van der Waals surface area contributed by atoms with Gasteiger partial charge in [0.25, 0.3) is 5.88 Å². The van der Waals surface area contributed by atoms with Crippen molar-refractivity contribution in [2.24, 2.45) is 0 Å². The van der Waals surface area contributed by atoms with Gasteiger partial charge in [0.05, 0.1) is 25.9 Å². The van der Waals surface area contributed by atoms with E-state index in [1.165, 1.54) is 5.56 Å². The molecule has 2 aromatic carbocycles. The van der Waals surface area contributed by atoms with Gasteiger partial charge in [0.1, 0.15) is 0 Å². The molecule has 0 aliphatic carbocycles. The Morgan fingerprint density at radius 1 is 0.833 bits per heavy atom. The first-order chi connectivity index (χ1) is 14.7. The van der Waals surface area contributed by atoms with Crippen molar-refractivity contribution in [1.82, 2.24) is 4.98 Å². The van der Waals surface area contributed by atoms with Gasteiger partial charge < -0.3 is 14.2 Å². The van der Waals surface area contributed by atoms with Gasteiger partial charge in [-0.05, 0) is 30.0 Å². The van der Waals surface area contributed by atoms with Crippen LogP contribution in [0.2, 0.25) is 0 Å². The maximum atomic E-state index is 6.54. The standard InChI is InChI=1S/C26H31NO3/c1-4-26(5-2,30-20-22-14-10-7-11-15-22)23-16-18-27-25(28-3)24(23)29-19-17-21-12-8-6-9-13-21/h6-16,18H,4-5,17,19-20H2,1-3H3. The summed E-state index contributed by atoms with van der Waals surface area (Å²) in [6, 6.07) is 22.6. The molecular formula is C26H31NO3. The minimum atomic E-state index is -0.478. The molecule has 0 fully saturated rings. The summed E-state index contributed by atoms with van der Waals surface area (Å²) in [5, 5.41) is 0. The molecule has 0 bridgehead atoms. The summed E-state index contributed by atoms with van der Waals surface area (Å²) in [6.07, 6.45) is 4.22. The Morgan fingerprint density at radius 2 is 1.47 bits per heavy atom. The van der Waals surface area contributed by atoms with E-state index in [0.717, 1.165) is 30.4 Å². The van der Waals surface area contributed by atoms with E-state index in [2.05, 4.69) is 43.1 Å². The lowest BCUT2D eigenvalue weighted by molar-refractivity contribution is -0.0698. The van der Waals surface area contributed by atoms with Crippen LogP contribution in [0.25, 0.3) is 0 Å². The number of pyridine rings is 1. The van der Waals surface area contributed by atoms with Gasteiger partial charge >= 0.3 is 0 Å². The van der Waals surface area contributed by atoms with Gasteiger partial charge in [-0.15, -0.1) is 0 Å². The third-order valence-corrected chi connectivity index (χ3v) is 5.54. The van der Waals surface area contributed by atoms with Crippen LogP contribution in [0.15, 0.2) is 72.9 Å². The van der Waals surface area contributed by atoms with Crippen molar-refractivity contribution in [3.63, 3.8) is 0 Å². The number of aromatic nitrogens is 1. The zero-order chi connectivity index (χ0) is 21.2. The van der Waals surface area contributed by atoms with E-state index in [-0.39, 0.29) is 0 Å². The molecular weight excluding hydrogens is 374 g/mol. The van der Waals surface area contributed by atoms with Gasteiger partial charge in [0.2, 0.25) is 0 Å². The summed E-state index contributed by atoms with van der Waals surface area (Å²) >= 11 is 0. The molecule has 3 rings (SSSR count). The van der Waals surface area contributed by atoms with E-state index in [1.54, 1.807) is 13.3 Å². The third-order valence-electron chi connectivity index (χ3n) is 5.54. The van der Waals surface area contributed by atoms with E-state index >= 15 is 0 Å². The predicted octanol–water partition coefficient (Wildman–Crippen LogP) is 5.94. The first kappa shape index (κ1) is 21.8. The fourth-order valence-corrected chi connectivity index (χ4v) is 3.70. The van der Waals surface area contributed by atoms with Crippen molar-refractivity contribution in [2.75, 3.05) is 13.7 Å². The molecule has 1 heterocycles. The van der Waals surface area contributed by atoms with Crippen molar-refractivity contribution in [1.29, 1.82) is 0 Å². The van der Waals surface area contributed by atoms with Gasteiger partial charge in [-0.1, -0.05) is 74.5 Å². The predicted molar refractivity (Wildman–Crippen MR) is 120 cm³/mol. The maximum absolute atomic E-state index is 6.54. The average molecular weight is 406 g/mol. The lowest BCUT2D eigenvalue weighted by atomic mass is 9.88. The van der Waals surface area contributed by atoms with Gasteiger partial charge in [-0.25, -0.2) is 4.98 Å². The molecule has 4 nitrogen and oxygen atoms in total. The SMILES string of the molecule is CCC(CC)(OCc1ccccc1)c1ccnc(OC)c1OCCc1ccccc1. The van der Waals surface area contributed by atoms with Crippen LogP contribution in [0.4, 0.5) is 0 Å². The molecule has 1 aromatic heterocycles. The van der Waals surface area contributed by atoms with Crippen LogP contribution in [-0.4, -0.2) is 18.7 Å². The van der Waals surface area contributed by atoms with Crippen molar-refractivity contribution in [3.05, 3.63) is 89.6 Å². The van der Waals surface area contributed by atoms with Crippen LogP contribution < -0.4 is 9.47 Å². The Hall–Kier alpha value is -2.85. The molecule has 4 heteroatoms. The second-order valence-electron chi connectivity index (χ2n) is 7.26. The first-order valence-electron chi connectivity index (χ1n) is 10.6. The molecule has 0 spiro atoms. The highest BCUT2D eigenvalue weighted by atomic mass is 16.5. The Kier molecular flexibility index (Phi) is 7.86. The van der Waals surface area contributed by atoms with Gasteiger partial charge in [0.15, 0.2) is 5.75 Å². The number of hydrogen-bond acceptors (Lipinski definition) is 4. The van der Waals surface area contributed by atoms with Crippen molar-refractivity contribution >= 4 is 0 Å². The molecule has 0 aliphatic rings. The zero-order valence-corrected chi connectivity index (χ0v) is 18.1. The van der Waals surface area contributed by atoms with E-state index in [0.29, 0.717) is 24.8 Å². The van der Waals surface area contributed by atoms with Crippen LogP contribution >= 0.6 is 0 Å². The fourth-order valence-electron chi connectivity index (χ4n) is 3.70.